The smallest absolute Gasteiger partial charge is 0.119 e. The van der Waals surface area contributed by atoms with Crippen LogP contribution < -0.4 is 0 Å². The molecule has 0 aromatic carbocycles. The molecule has 2 heteroatoms. The highest BCUT2D eigenvalue weighted by atomic mass is 16.1. The van der Waals surface area contributed by atoms with Crippen molar-refractivity contribution >= 4 is 6.29 Å². The Kier molecular flexibility index (Phi) is 8.46. The Hall–Kier alpha value is -0.370. The van der Waals surface area contributed by atoms with Crippen LogP contribution in [-0.2, 0) is 4.79 Å². The maximum atomic E-state index is 10.0. The molecule has 0 aromatic heterocycles. The highest BCUT2D eigenvalue weighted by molar-refractivity contribution is 5.48. The first-order valence-electron chi connectivity index (χ1n) is 5.01. The molecule has 72 valence electrons. The lowest BCUT2D eigenvalue weighted by Gasteiger charge is -2.17. The van der Waals surface area contributed by atoms with Crippen LogP contribution in [0.3, 0.4) is 0 Å². The normalized spacial score (nSPS) is 10.6. The molecule has 0 unspecified atom stereocenters. The summed E-state index contributed by atoms with van der Waals surface area (Å²) >= 11 is 0. The van der Waals surface area contributed by atoms with E-state index in [-0.39, 0.29) is 0 Å². The quantitative estimate of drug-likeness (QED) is 0.412. The van der Waals surface area contributed by atoms with Gasteiger partial charge in [-0.15, -0.1) is 0 Å². The van der Waals surface area contributed by atoms with Crippen LogP contribution in [0.25, 0.3) is 0 Å². The van der Waals surface area contributed by atoms with Gasteiger partial charge in [0, 0.05) is 6.42 Å². The van der Waals surface area contributed by atoms with Crippen molar-refractivity contribution in [1.82, 2.24) is 4.90 Å². The van der Waals surface area contributed by atoms with Crippen LogP contribution in [0.4, 0.5) is 0 Å². The lowest BCUT2D eigenvalue weighted by atomic mass is 10.2. The summed E-state index contributed by atoms with van der Waals surface area (Å²) in [5.74, 6) is 0. The maximum Gasteiger partial charge on any atom is 0.119 e. The van der Waals surface area contributed by atoms with Crippen molar-refractivity contribution in [2.45, 2.75) is 39.5 Å². The first kappa shape index (κ1) is 11.6. The Morgan fingerprint density at radius 2 is 1.75 bits per heavy atom. The lowest BCUT2D eigenvalue weighted by molar-refractivity contribution is -0.107. The standard InChI is InChI=1S/C10H21NO/c1-3-11(4-2)9-7-5-6-8-10-12/h10H,3-9H2,1-2H3. The van der Waals surface area contributed by atoms with Gasteiger partial charge in [0.25, 0.3) is 0 Å². The van der Waals surface area contributed by atoms with E-state index in [2.05, 4.69) is 18.7 Å². The summed E-state index contributed by atoms with van der Waals surface area (Å²) in [4.78, 5) is 12.4. The molecule has 0 aromatic rings. The monoisotopic (exact) mass is 171 g/mol. The van der Waals surface area contributed by atoms with Crippen molar-refractivity contribution in [1.29, 1.82) is 0 Å². The number of hydrogen-bond donors (Lipinski definition) is 0. The summed E-state index contributed by atoms with van der Waals surface area (Å²) in [5.41, 5.74) is 0. The van der Waals surface area contributed by atoms with Crippen molar-refractivity contribution in [3.63, 3.8) is 0 Å². The number of rotatable bonds is 8. The van der Waals surface area contributed by atoms with Gasteiger partial charge in [0.1, 0.15) is 6.29 Å². The fraction of sp³-hybridized carbons (Fsp3) is 0.900. The van der Waals surface area contributed by atoms with E-state index < -0.39 is 0 Å². The lowest BCUT2D eigenvalue weighted by Crippen LogP contribution is -2.23. The first-order chi connectivity index (χ1) is 5.85. The van der Waals surface area contributed by atoms with E-state index in [1.54, 1.807) is 0 Å². The van der Waals surface area contributed by atoms with Gasteiger partial charge in [0.05, 0.1) is 0 Å². The van der Waals surface area contributed by atoms with Gasteiger partial charge >= 0.3 is 0 Å². The second-order valence-corrected chi connectivity index (χ2v) is 3.04. The van der Waals surface area contributed by atoms with E-state index in [0.29, 0.717) is 0 Å². The molecule has 0 aliphatic rings. The largest absolute Gasteiger partial charge is 0.304 e. The Morgan fingerprint density at radius 3 is 2.25 bits per heavy atom. The van der Waals surface area contributed by atoms with E-state index in [1.165, 1.54) is 19.4 Å². The molecule has 0 aliphatic carbocycles. The molecule has 0 radical (unpaired) electrons. The highest BCUT2D eigenvalue weighted by Gasteiger charge is 1.97. The molecule has 12 heavy (non-hydrogen) atoms. The van der Waals surface area contributed by atoms with E-state index in [1.807, 2.05) is 0 Å². The zero-order chi connectivity index (χ0) is 9.23. The third-order valence-electron chi connectivity index (χ3n) is 2.19. The highest BCUT2D eigenvalue weighted by Crippen LogP contribution is 2.00. The predicted molar refractivity (Wildman–Crippen MR) is 52.3 cm³/mol. The van der Waals surface area contributed by atoms with Gasteiger partial charge in [-0.2, -0.15) is 0 Å². The number of aldehydes is 1. The summed E-state index contributed by atoms with van der Waals surface area (Å²) in [7, 11) is 0. The van der Waals surface area contributed by atoms with Gasteiger partial charge in [-0.25, -0.2) is 0 Å². The molecule has 0 heterocycles. The molecule has 0 spiro atoms. The molecular formula is C10H21NO. The Bertz CT molecular complexity index is 100. The minimum atomic E-state index is 0.734. The molecule has 0 saturated heterocycles. The molecule has 0 N–H and O–H groups in total. The van der Waals surface area contributed by atoms with Gasteiger partial charge in [-0.05, 0) is 32.5 Å². The molecule has 0 amide bonds. The first-order valence-corrected chi connectivity index (χ1v) is 5.01. The van der Waals surface area contributed by atoms with Gasteiger partial charge in [-0.3, -0.25) is 0 Å². The van der Waals surface area contributed by atoms with Crippen LogP contribution in [0.5, 0.6) is 0 Å². The van der Waals surface area contributed by atoms with Gasteiger partial charge in [0.15, 0.2) is 0 Å². The summed E-state index contributed by atoms with van der Waals surface area (Å²) < 4.78 is 0. The molecule has 0 fully saturated rings. The zero-order valence-electron chi connectivity index (χ0n) is 8.38. The van der Waals surface area contributed by atoms with E-state index in [0.717, 1.165) is 32.2 Å². The zero-order valence-corrected chi connectivity index (χ0v) is 8.38. The molecule has 0 saturated carbocycles. The van der Waals surface area contributed by atoms with Crippen molar-refractivity contribution in [2.24, 2.45) is 0 Å². The molecule has 0 aliphatic heterocycles. The van der Waals surface area contributed by atoms with Crippen LogP contribution >= 0.6 is 0 Å². The van der Waals surface area contributed by atoms with E-state index >= 15 is 0 Å². The number of hydrogen-bond acceptors (Lipinski definition) is 2. The van der Waals surface area contributed by atoms with Crippen LogP contribution in [-0.4, -0.2) is 30.8 Å². The average Bonchev–Trinajstić information content (AvgIpc) is 2.11. The topological polar surface area (TPSA) is 20.3 Å². The third kappa shape index (κ3) is 6.35. The van der Waals surface area contributed by atoms with Gasteiger partial charge in [-0.1, -0.05) is 20.3 Å². The number of unbranched alkanes of at least 4 members (excludes halogenated alkanes) is 3. The summed E-state index contributed by atoms with van der Waals surface area (Å²) in [6.45, 7) is 7.85. The molecule has 2 nitrogen and oxygen atoms in total. The molecular weight excluding hydrogens is 150 g/mol. The van der Waals surface area contributed by atoms with E-state index in [9.17, 15) is 4.79 Å². The second-order valence-electron chi connectivity index (χ2n) is 3.04. The molecule has 0 bridgehead atoms. The minimum absolute atomic E-state index is 0.734. The Labute approximate surface area is 75.9 Å². The maximum absolute atomic E-state index is 10.0. The van der Waals surface area contributed by atoms with Crippen LogP contribution in [0.15, 0.2) is 0 Å². The Balaban J connectivity index is 3.11. The van der Waals surface area contributed by atoms with Crippen LogP contribution in [0, 0.1) is 0 Å². The van der Waals surface area contributed by atoms with E-state index in [4.69, 9.17) is 0 Å². The van der Waals surface area contributed by atoms with Crippen molar-refractivity contribution in [2.75, 3.05) is 19.6 Å². The second kappa shape index (κ2) is 8.72. The van der Waals surface area contributed by atoms with Crippen molar-refractivity contribution < 1.29 is 4.79 Å². The number of carbonyl (C=O) groups excluding carboxylic acids is 1. The number of nitrogens with zero attached hydrogens (tertiary/aromatic N) is 1. The van der Waals surface area contributed by atoms with Crippen molar-refractivity contribution in [3.8, 4) is 0 Å². The summed E-state index contributed by atoms with van der Waals surface area (Å²) in [6, 6.07) is 0. The molecule has 0 atom stereocenters. The van der Waals surface area contributed by atoms with Crippen molar-refractivity contribution in [3.05, 3.63) is 0 Å². The predicted octanol–water partition coefficient (Wildman–Crippen LogP) is 2.09. The fourth-order valence-corrected chi connectivity index (χ4v) is 1.28. The summed E-state index contributed by atoms with van der Waals surface area (Å²) in [6.07, 6.45) is 5.23. The number of carbonyl (C=O) groups is 1. The minimum Gasteiger partial charge on any atom is -0.304 e. The van der Waals surface area contributed by atoms with Crippen LogP contribution in [0.1, 0.15) is 39.5 Å². The van der Waals surface area contributed by atoms with Gasteiger partial charge < -0.3 is 9.69 Å². The SMILES string of the molecule is CCN(CC)CCCCCC=O. The van der Waals surface area contributed by atoms with Gasteiger partial charge in [0.2, 0.25) is 0 Å². The third-order valence-corrected chi connectivity index (χ3v) is 2.19. The Morgan fingerprint density at radius 1 is 1.08 bits per heavy atom. The summed E-state index contributed by atoms with van der Waals surface area (Å²) in [5, 5.41) is 0. The van der Waals surface area contributed by atoms with Crippen LogP contribution in [0.2, 0.25) is 0 Å². The fourth-order valence-electron chi connectivity index (χ4n) is 1.28. The average molecular weight is 171 g/mol. The molecule has 0 rings (SSSR count).